The van der Waals surface area contributed by atoms with Crippen LogP contribution in [0.3, 0.4) is 0 Å². The van der Waals surface area contributed by atoms with Crippen LogP contribution >= 0.6 is 7.60 Å². The van der Waals surface area contributed by atoms with Crippen LogP contribution in [0.2, 0.25) is 0 Å². The summed E-state index contributed by atoms with van der Waals surface area (Å²) in [5, 5.41) is 0. The third kappa shape index (κ3) is 4.75. The third-order valence-electron chi connectivity index (χ3n) is 4.90. The van der Waals surface area contributed by atoms with Gasteiger partial charge in [0.2, 0.25) is 0 Å². The maximum absolute atomic E-state index is 13.1. The molecule has 1 aromatic carbocycles. The minimum atomic E-state index is -3.24. The highest BCUT2D eigenvalue weighted by Gasteiger charge is 2.55. The Kier molecular flexibility index (Phi) is 6.56. The normalized spacial score (nSPS) is 20.6. The van der Waals surface area contributed by atoms with Gasteiger partial charge >= 0.3 is 14.7 Å². The van der Waals surface area contributed by atoms with Gasteiger partial charge in [-0.1, -0.05) is 30.3 Å². The number of rotatable bonds is 8. The summed E-state index contributed by atoms with van der Waals surface area (Å²) in [5.74, 6) is -0.244. The van der Waals surface area contributed by atoms with Crippen molar-refractivity contribution in [3.05, 3.63) is 35.9 Å². The Morgan fingerprint density at radius 3 is 1.92 bits per heavy atom. The first-order valence-electron chi connectivity index (χ1n) is 8.93. The fourth-order valence-electron chi connectivity index (χ4n) is 2.88. The quantitative estimate of drug-likeness (QED) is 0.493. The van der Waals surface area contributed by atoms with Crippen molar-refractivity contribution in [2.75, 3.05) is 19.4 Å². The maximum Gasteiger partial charge on any atom is 0.466 e. The molecule has 1 aliphatic rings. The maximum atomic E-state index is 13.1. The van der Waals surface area contributed by atoms with Gasteiger partial charge in [-0.3, -0.25) is 4.57 Å². The molecule has 1 heterocycles. The summed E-state index contributed by atoms with van der Waals surface area (Å²) in [4.78, 5) is 0. The lowest BCUT2D eigenvalue weighted by molar-refractivity contribution is 0.00578. The van der Waals surface area contributed by atoms with Crippen LogP contribution in [0.1, 0.15) is 52.9 Å². The Labute approximate surface area is 152 Å². The van der Waals surface area contributed by atoms with Gasteiger partial charge in [-0.05, 0) is 47.1 Å². The molecule has 1 fully saturated rings. The molecule has 0 aromatic heterocycles. The van der Waals surface area contributed by atoms with Crippen molar-refractivity contribution in [1.29, 1.82) is 0 Å². The fraction of sp³-hybridized carbons (Fsp3) is 0.667. The largest absolute Gasteiger partial charge is 0.466 e. The van der Waals surface area contributed by atoms with E-state index in [0.717, 1.165) is 5.56 Å². The van der Waals surface area contributed by atoms with Crippen LogP contribution < -0.4 is 0 Å². The van der Waals surface area contributed by atoms with Crippen LogP contribution in [-0.4, -0.2) is 37.7 Å². The zero-order valence-electron chi connectivity index (χ0n) is 16.2. The molecule has 7 heteroatoms. The van der Waals surface area contributed by atoms with E-state index in [-0.39, 0.29) is 12.0 Å². The van der Waals surface area contributed by atoms with Gasteiger partial charge in [0, 0.05) is 5.82 Å². The fourth-order valence-corrected chi connectivity index (χ4v) is 4.82. The van der Waals surface area contributed by atoms with Crippen LogP contribution in [0.5, 0.6) is 0 Å². The lowest BCUT2D eigenvalue weighted by Crippen LogP contribution is -2.41. The Hall–Kier alpha value is -0.645. The summed E-state index contributed by atoms with van der Waals surface area (Å²) < 4.78 is 36.6. The van der Waals surface area contributed by atoms with E-state index in [1.165, 1.54) is 0 Å². The van der Waals surface area contributed by atoms with E-state index in [1.54, 1.807) is 0 Å². The average Bonchev–Trinajstić information content (AvgIpc) is 2.74. The molecule has 0 radical (unpaired) electrons. The summed E-state index contributed by atoms with van der Waals surface area (Å²) in [6.45, 7) is 12.4. The molecule has 5 nitrogen and oxygen atoms in total. The zero-order chi connectivity index (χ0) is 18.7. The molecule has 140 valence electrons. The highest BCUT2D eigenvalue weighted by atomic mass is 31.2. The first-order valence-corrected chi connectivity index (χ1v) is 10.7. The molecule has 2 rings (SSSR count). The molecule has 0 amide bonds. The van der Waals surface area contributed by atoms with E-state index < -0.39 is 25.9 Å². The van der Waals surface area contributed by atoms with E-state index in [4.69, 9.17) is 18.4 Å². The molecular formula is C18H30BO5P. The molecule has 0 saturated carbocycles. The molecule has 0 bridgehead atoms. The molecule has 0 aliphatic carbocycles. The van der Waals surface area contributed by atoms with Crippen LogP contribution in [0.25, 0.3) is 0 Å². The molecule has 1 aliphatic heterocycles. The average molecular weight is 368 g/mol. The molecule has 0 N–H and O–H groups in total. The van der Waals surface area contributed by atoms with Crippen molar-refractivity contribution in [2.45, 2.75) is 58.6 Å². The smallest absolute Gasteiger partial charge is 0.403 e. The highest BCUT2D eigenvalue weighted by molar-refractivity contribution is 7.54. The zero-order valence-corrected chi connectivity index (χ0v) is 17.0. The minimum Gasteiger partial charge on any atom is -0.403 e. The summed E-state index contributed by atoms with van der Waals surface area (Å²) in [6.07, 6.45) is 0.218. The summed E-state index contributed by atoms with van der Waals surface area (Å²) >= 11 is 0. The van der Waals surface area contributed by atoms with E-state index in [2.05, 4.69) is 0 Å². The van der Waals surface area contributed by atoms with E-state index in [0.29, 0.717) is 13.2 Å². The Morgan fingerprint density at radius 1 is 1.00 bits per heavy atom. The first-order chi connectivity index (χ1) is 11.6. The monoisotopic (exact) mass is 368 g/mol. The molecule has 1 aromatic rings. The van der Waals surface area contributed by atoms with Gasteiger partial charge in [0.25, 0.3) is 0 Å². The molecule has 25 heavy (non-hydrogen) atoms. The van der Waals surface area contributed by atoms with Crippen LogP contribution in [0, 0.1) is 0 Å². The van der Waals surface area contributed by atoms with Gasteiger partial charge in [0.15, 0.2) is 0 Å². The summed E-state index contributed by atoms with van der Waals surface area (Å²) in [5.41, 5.74) is 0.0956. The van der Waals surface area contributed by atoms with Crippen LogP contribution in [-0.2, 0) is 22.9 Å². The molecular weight excluding hydrogens is 338 g/mol. The van der Waals surface area contributed by atoms with Crippen molar-refractivity contribution in [3.63, 3.8) is 0 Å². The second kappa shape index (κ2) is 7.93. The predicted octanol–water partition coefficient (Wildman–Crippen LogP) is 4.67. The van der Waals surface area contributed by atoms with Crippen molar-refractivity contribution in [2.24, 2.45) is 0 Å². The van der Waals surface area contributed by atoms with Gasteiger partial charge in [0.05, 0.1) is 30.6 Å². The highest BCUT2D eigenvalue weighted by Crippen LogP contribution is 2.53. The van der Waals surface area contributed by atoms with E-state index >= 15 is 0 Å². The molecule has 0 spiro atoms. The van der Waals surface area contributed by atoms with Crippen molar-refractivity contribution in [1.82, 2.24) is 0 Å². The van der Waals surface area contributed by atoms with Gasteiger partial charge in [0.1, 0.15) is 0 Å². The lowest BCUT2D eigenvalue weighted by Gasteiger charge is -2.32. The molecule has 1 saturated heterocycles. The summed E-state index contributed by atoms with van der Waals surface area (Å²) in [6, 6.07) is 9.87. The third-order valence-corrected chi connectivity index (χ3v) is 7.04. The number of hydrogen-bond acceptors (Lipinski definition) is 5. The van der Waals surface area contributed by atoms with Crippen molar-refractivity contribution < 1.29 is 22.9 Å². The van der Waals surface area contributed by atoms with Gasteiger partial charge < -0.3 is 18.4 Å². The van der Waals surface area contributed by atoms with E-state index in [9.17, 15) is 4.57 Å². The Morgan fingerprint density at radius 2 is 1.48 bits per heavy atom. The Balaban J connectivity index is 2.34. The number of benzene rings is 1. The number of hydrogen-bond donors (Lipinski definition) is 0. The Bertz CT molecular complexity index is 579. The topological polar surface area (TPSA) is 54.0 Å². The van der Waals surface area contributed by atoms with Gasteiger partial charge in [-0.15, -0.1) is 0 Å². The second-order valence-corrected chi connectivity index (χ2v) is 9.37. The molecule has 1 unspecified atom stereocenters. The van der Waals surface area contributed by atoms with Crippen molar-refractivity contribution in [3.8, 4) is 0 Å². The summed E-state index contributed by atoms with van der Waals surface area (Å²) in [7, 11) is -3.75. The lowest BCUT2D eigenvalue weighted by atomic mass is 9.69. The minimum absolute atomic E-state index is 0.218. The van der Waals surface area contributed by atoms with Crippen LogP contribution in [0.15, 0.2) is 30.3 Å². The van der Waals surface area contributed by atoms with Crippen molar-refractivity contribution >= 4 is 14.7 Å². The second-order valence-electron chi connectivity index (χ2n) is 7.27. The van der Waals surface area contributed by atoms with Gasteiger partial charge in [-0.2, -0.15) is 0 Å². The SMILES string of the molecule is CCOP(=O)(CC(B1OC(C)(C)C(C)(C)O1)c1ccccc1)OCC. The molecule has 1 atom stereocenters. The van der Waals surface area contributed by atoms with Gasteiger partial charge in [-0.25, -0.2) is 0 Å². The first kappa shape index (κ1) is 20.7. The predicted molar refractivity (Wildman–Crippen MR) is 101 cm³/mol. The standard InChI is InChI=1S/C18H30BO5P/c1-7-21-25(20,22-8-2)14-16(15-12-10-9-11-13-15)19-23-17(3,4)18(5,6)24-19/h9-13,16H,7-8,14H2,1-6H3. The van der Waals surface area contributed by atoms with Crippen LogP contribution in [0.4, 0.5) is 0 Å². The van der Waals surface area contributed by atoms with E-state index in [1.807, 2.05) is 71.9 Å².